The second-order valence-electron chi connectivity index (χ2n) is 3.32. The van der Waals surface area contributed by atoms with Crippen molar-refractivity contribution in [3.05, 3.63) is 0 Å². The molecule has 1 radical (unpaired) electrons. The number of piperidine rings is 1. The number of nitrogens with zero attached hydrogens (tertiary/aromatic N) is 1. The predicted octanol–water partition coefficient (Wildman–Crippen LogP) is -0.0258. The maximum absolute atomic E-state index is 4.25. The molecule has 9 heavy (non-hydrogen) atoms. The third kappa shape index (κ3) is 0.864. The van der Waals surface area contributed by atoms with Gasteiger partial charge in [0.05, 0.1) is 0 Å². The molecule has 2 rings (SSSR count). The molecule has 0 saturated carbocycles. The van der Waals surface area contributed by atoms with Crippen LogP contribution in [0.3, 0.4) is 0 Å². The first kappa shape index (κ1) is 5.69. The molecule has 0 aliphatic carbocycles. The van der Waals surface area contributed by atoms with E-state index in [0.29, 0.717) is 5.41 Å². The van der Waals surface area contributed by atoms with Crippen molar-refractivity contribution in [1.29, 1.82) is 0 Å². The van der Waals surface area contributed by atoms with Crippen LogP contribution >= 0.6 is 0 Å². The molecule has 0 aromatic rings. The Bertz CT molecular complexity index is 99.5. The van der Waals surface area contributed by atoms with Crippen LogP contribution < -0.4 is 10.6 Å². The normalized spacial score (nSPS) is 32.0. The quantitative estimate of drug-likeness (QED) is 0.483. The van der Waals surface area contributed by atoms with E-state index in [0.717, 1.165) is 13.1 Å². The maximum Gasteiger partial charge on any atom is 0.0215 e. The smallest absolute Gasteiger partial charge is 0.0215 e. The van der Waals surface area contributed by atoms with Gasteiger partial charge in [-0.05, 0) is 19.4 Å². The summed E-state index contributed by atoms with van der Waals surface area (Å²) >= 11 is 0. The largest absolute Gasteiger partial charge is 0.316 e. The highest BCUT2D eigenvalue weighted by Crippen LogP contribution is 2.30. The van der Waals surface area contributed by atoms with Crippen molar-refractivity contribution in [2.75, 3.05) is 26.2 Å². The number of hydrogen-bond donors (Lipinski definition) is 1. The Kier molecular flexibility index (Phi) is 1.24. The minimum Gasteiger partial charge on any atom is -0.316 e. The van der Waals surface area contributed by atoms with Crippen molar-refractivity contribution < 1.29 is 0 Å². The summed E-state index contributed by atoms with van der Waals surface area (Å²) in [6.45, 7) is 4.69. The molecule has 0 aromatic carbocycles. The van der Waals surface area contributed by atoms with Gasteiger partial charge in [-0.2, -0.15) is 0 Å². The predicted molar refractivity (Wildman–Crippen MR) is 36.4 cm³/mol. The van der Waals surface area contributed by atoms with E-state index >= 15 is 0 Å². The van der Waals surface area contributed by atoms with Crippen molar-refractivity contribution in [3.63, 3.8) is 0 Å². The first-order valence-corrected chi connectivity index (χ1v) is 3.75. The Balaban J connectivity index is 1.93. The number of hydrogen-bond acceptors (Lipinski definition) is 1. The molecular weight excluding hydrogens is 112 g/mol. The highest BCUT2D eigenvalue weighted by atomic mass is 15.0. The van der Waals surface area contributed by atoms with Crippen LogP contribution in [0.4, 0.5) is 0 Å². The lowest BCUT2D eigenvalue weighted by Crippen LogP contribution is -2.56. The van der Waals surface area contributed by atoms with Crippen LogP contribution in [0.25, 0.3) is 0 Å². The van der Waals surface area contributed by atoms with Crippen LogP contribution in [0.5, 0.6) is 0 Å². The van der Waals surface area contributed by atoms with E-state index < -0.39 is 0 Å². The van der Waals surface area contributed by atoms with E-state index in [4.69, 9.17) is 0 Å². The van der Waals surface area contributed by atoms with E-state index in [-0.39, 0.29) is 0 Å². The molecule has 0 unspecified atom stereocenters. The molecule has 0 atom stereocenters. The van der Waals surface area contributed by atoms with Crippen molar-refractivity contribution in [3.8, 4) is 0 Å². The van der Waals surface area contributed by atoms with Gasteiger partial charge in [0, 0.05) is 25.0 Å². The van der Waals surface area contributed by atoms with Gasteiger partial charge in [-0.25, -0.2) is 5.32 Å². The second-order valence-corrected chi connectivity index (χ2v) is 3.32. The summed E-state index contributed by atoms with van der Waals surface area (Å²) in [4.78, 5) is 0. The average Bonchev–Trinajstić information content (AvgIpc) is 1.87. The molecule has 2 heteroatoms. The first-order chi connectivity index (χ1) is 4.41. The molecule has 2 saturated heterocycles. The van der Waals surface area contributed by atoms with Gasteiger partial charge in [-0.1, -0.05) is 0 Å². The summed E-state index contributed by atoms with van der Waals surface area (Å²) in [6.07, 6.45) is 2.76. The van der Waals surface area contributed by atoms with Crippen LogP contribution in [0.15, 0.2) is 0 Å². The summed E-state index contributed by atoms with van der Waals surface area (Å²) in [5.74, 6) is 0. The first-order valence-electron chi connectivity index (χ1n) is 3.75. The van der Waals surface area contributed by atoms with E-state index in [1.807, 2.05) is 0 Å². The summed E-state index contributed by atoms with van der Waals surface area (Å²) in [6, 6.07) is 0. The zero-order valence-electron chi connectivity index (χ0n) is 5.69. The molecule has 2 heterocycles. The molecule has 0 aromatic heterocycles. The summed E-state index contributed by atoms with van der Waals surface area (Å²) in [5.41, 5.74) is 0.623. The molecule has 2 nitrogen and oxygen atoms in total. The average molecular weight is 125 g/mol. The van der Waals surface area contributed by atoms with Crippen LogP contribution in [0, 0.1) is 5.41 Å². The molecule has 51 valence electrons. The molecule has 2 aliphatic heterocycles. The van der Waals surface area contributed by atoms with Gasteiger partial charge < -0.3 is 5.32 Å². The van der Waals surface area contributed by atoms with Crippen molar-refractivity contribution >= 4 is 0 Å². The lowest BCUT2D eigenvalue weighted by molar-refractivity contribution is 0.118. The summed E-state index contributed by atoms with van der Waals surface area (Å²) < 4.78 is 0. The molecule has 2 aliphatic rings. The van der Waals surface area contributed by atoms with E-state index in [1.54, 1.807) is 0 Å². The van der Waals surface area contributed by atoms with E-state index in [1.165, 1.54) is 25.9 Å². The van der Waals surface area contributed by atoms with Crippen LogP contribution in [0.2, 0.25) is 0 Å². The molecule has 1 spiro atoms. The van der Waals surface area contributed by atoms with E-state index in [9.17, 15) is 0 Å². The molecule has 0 amide bonds. The Labute approximate surface area is 56.0 Å². The van der Waals surface area contributed by atoms with Gasteiger partial charge in [-0.15, -0.1) is 0 Å². The minimum atomic E-state index is 0.623. The van der Waals surface area contributed by atoms with Gasteiger partial charge in [0.1, 0.15) is 0 Å². The zero-order valence-corrected chi connectivity index (χ0v) is 5.69. The van der Waals surface area contributed by atoms with Gasteiger partial charge >= 0.3 is 0 Å². The third-order valence-corrected chi connectivity index (χ3v) is 2.46. The maximum atomic E-state index is 4.25. The van der Waals surface area contributed by atoms with Gasteiger partial charge in [0.15, 0.2) is 0 Å². The fraction of sp³-hybridized carbons (Fsp3) is 1.00. The van der Waals surface area contributed by atoms with E-state index in [2.05, 4.69) is 10.6 Å². The summed E-state index contributed by atoms with van der Waals surface area (Å²) in [5, 5.41) is 7.67. The second kappa shape index (κ2) is 1.96. The van der Waals surface area contributed by atoms with Crippen molar-refractivity contribution in [2.45, 2.75) is 12.8 Å². The van der Waals surface area contributed by atoms with Crippen LogP contribution in [-0.2, 0) is 0 Å². The zero-order chi connectivity index (χ0) is 6.16. The molecule has 2 fully saturated rings. The topological polar surface area (TPSA) is 26.1 Å². The fourth-order valence-electron chi connectivity index (χ4n) is 1.73. The van der Waals surface area contributed by atoms with Crippen LogP contribution in [0.1, 0.15) is 12.8 Å². The molecular formula is C7H13N2. The Morgan fingerprint density at radius 1 is 1.33 bits per heavy atom. The summed E-state index contributed by atoms with van der Waals surface area (Å²) in [7, 11) is 0. The highest BCUT2D eigenvalue weighted by molar-refractivity contribution is 4.95. The van der Waals surface area contributed by atoms with Crippen LogP contribution in [-0.4, -0.2) is 26.2 Å². The fourth-order valence-corrected chi connectivity index (χ4v) is 1.73. The highest BCUT2D eigenvalue weighted by Gasteiger charge is 2.38. The molecule has 1 N–H and O–H groups in total. The van der Waals surface area contributed by atoms with Gasteiger partial charge in [0.25, 0.3) is 0 Å². The third-order valence-electron chi connectivity index (χ3n) is 2.46. The minimum absolute atomic E-state index is 0.623. The SMILES string of the molecule is C1CNCC2(C1)C[N]C2. The molecule has 0 bridgehead atoms. The number of rotatable bonds is 0. The standard InChI is InChI=1S/C7H13N2/c1-2-7(4-8-3-1)5-9-6-7/h8H,1-6H2. The Morgan fingerprint density at radius 2 is 2.22 bits per heavy atom. The van der Waals surface area contributed by atoms with Crippen molar-refractivity contribution in [2.24, 2.45) is 5.41 Å². The monoisotopic (exact) mass is 125 g/mol. The van der Waals surface area contributed by atoms with Gasteiger partial charge in [-0.3, -0.25) is 0 Å². The van der Waals surface area contributed by atoms with Gasteiger partial charge in [0.2, 0.25) is 0 Å². The Morgan fingerprint density at radius 3 is 2.56 bits per heavy atom. The number of nitrogens with one attached hydrogen (secondary N) is 1. The lowest BCUT2D eigenvalue weighted by atomic mass is 9.76. The lowest BCUT2D eigenvalue weighted by Gasteiger charge is -2.44. The Hall–Kier alpha value is -0.0800. The van der Waals surface area contributed by atoms with Crippen molar-refractivity contribution in [1.82, 2.24) is 10.6 Å².